The van der Waals surface area contributed by atoms with Crippen LogP contribution in [0.2, 0.25) is 0 Å². The van der Waals surface area contributed by atoms with Gasteiger partial charge in [0, 0.05) is 35.1 Å². The highest BCUT2D eigenvalue weighted by Crippen LogP contribution is 2.36. The van der Waals surface area contributed by atoms with Crippen LogP contribution in [0.25, 0.3) is 28.1 Å². The number of para-hydroxylation sites is 1. The first-order valence-corrected chi connectivity index (χ1v) is 10.4. The molecule has 0 saturated heterocycles. The van der Waals surface area contributed by atoms with Crippen LogP contribution in [-0.2, 0) is 11.3 Å². The maximum absolute atomic E-state index is 13.5. The number of carbonyl (C=O) groups is 1. The lowest BCUT2D eigenvalue weighted by Gasteiger charge is -2.14. The summed E-state index contributed by atoms with van der Waals surface area (Å²) < 4.78 is 15.7. The number of fused-ring (bicyclic) bond motifs is 1. The third-order valence-corrected chi connectivity index (χ3v) is 5.09. The topological polar surface area (TPSA) is 82.7 Å². The summed E-state index contributed by atoms with van der Waals surface area (Å²) in [5, 5.41) is 30.0. The van der Waals surface area contributed by atoms with Crippen LogP contribution in [0, 0.1) is 11.7 Å². The van der Waals surface area contributed by atoms with Crippen LogP contribution in [0.15, 0.2) is 54.6 Å². The van der Waals surface area contributed by atoms with E-state index in [-0.39, 0.29) is 12.2 Å². The molecule has 0 aliphatic rings. The van der Waals surface area contributed by atoms with Crippen LogP contribution >= 0.6 is 0 Å². The van der Waals surface area contributed by atoms with Crippen LogP contribution in [0.1, 0.15) is 32.4 Å². The molecule has 0 radical (unpaired) electrons. The molecule has 0 bridgehead atoms. The summed E-state index contributed by atoms with van der Waals surface area (Å²) in [6.45, 7) is 4.99. The SMILES string of the molecule is CC(C)Cn1c(/C=C/[C@H](O)C[C@H](O)CC(=O)O)c(-c2ccc(F)cc2)c2ccccc21. The Morgan fingerprint density at radius 1 is 1.10 bits per heavy atom. The molecule has 0 amide bonds. The molecule has 2 aromatic carbocycles. The molecule has 0 aliphatic carbocycles. The van der Waals surface area contributed by atoms with Crippen molar-refractivity contribution in [2.24, 2.45) is 5.92 Å². The zero-order valence-corrected chi connectivity index (χ0v) is 17.7. The van der Waals surface area contributed by atoms with E-state index in [4.69, 9.17) is 5.11 Å². The zero-order chi connectivity index (χ0) is 22.5. The smallest absolute Gasteiger partial charge is 0.305 e. The molecule has 31 heavy (non-hydrogen) atoms. The zero-order valence-electron chi connectivity index (χ0n) is 17.7. The van der Waals surface area contributed by atoms with E-state index >= 15 is 0 Å². The molecule has 0 spiro atoms. The lowest BCUT2D eigenvalue weighted by Crippen LogP contribution is -2.19. The van der Waals surface area contributed by atoms with Gasteiger partial charge in [-0.2, -0.15) is 0 Å². The molecule has 6 heteroatoms. The fraction of sp³-hybridized carbons (Fsp3) is 0.320. The molecule has 1 aromatic heterocycles. The first kappa shape index (κ1) is 22.7. The Bertz CT molecular complexity index is 1070. The van der Waals surface area contributed by atoms with E-state index in [1.165, 1.54) is 12.1 Å². The molecule has 0 unspecified atom stereocenters. The van der Waals surface area contributed by atoms with E-state index < -0.39 is 24.6 Å². The van der Waals surface area contributed by atoms with Crippen molar-refractivity contribution in [3.63, 3.8) is 0 Å². The molecule has 3 N–H and O–H groups in total. The van der Waals surface area contributed by atoms with E-state index in [0.29, 0.717) is 5.92 Å². The van der Waals surface area contributed by atoms with E-state index in [0.717, 1.165) is 34.3 Å². The molecule has 1 heterocycles. The third-order valence-electron chi connectivity index (χ3n) is 5.09. The molecular formula is C25H28FNO4. The predicted molar refractivity (Wildman–Crippen MR) is 120 cm³/mol. The number of carboxylic acid groups (broad SMARTS) is 1. The number of nitrogens with zero attached hydrogens (tertiary/aromatic N) is 1. The Hall–Kier alpha value is -2.96. The van der Waals surface area contributed by atoms with Crippen molar-refractivity contribution >= 4 is 22.9 Å². The van der Waals surface area contributed by atoms with Gasteiger partial charge in [-0.15, -0.1) is 0 Å². The third kappa shape index (κ3) is 5.60. The maximum atomic E-state index is 13.5. The van der Waals surface area contributed by atoms with Crippen molar-refractivity contribution < 1.29 is 24.5 Å². The highest BCUT2D eigenvalue weighted by molar-refractivity contribution is 6.00. The van der Waals surface area contributed by atoms with E-state index in [1.807, 2.05) is 24.3 Å². The Morgan fingerprint density at radius 2 is 1.77 bits per heavy atom. The minimum Gasteiger partial charge on any atom is -0.481 e. The van der Waals surface area contributed by atoms with Crippen LogP contribution < -0.4 is 0 Å². The fourth-order valence-corrected chi connectivity index (χ4v) is 3.82. The lowest BCUT2D eigenvalue weighted by atomic mass is 10.0. The van der Waals surface area contributed by atoms with E-state index in [1.54, 1.807) is 24.3 Å². The number of hydrogen-bond acceptors (Lipinski definition) is 3. The van der Waals surface area contributed by atoms with Gasteiger partial charge in [0.15, 0.2) is 0 Å². The monoisotopic (exact) mass is 425 g/mol. The highest BCUT2D eigenvalue weighted by atomic mass is 19.1. The van der Waals surface area contributed by atoms with Crippen molar-refractivity contribution in [2.45, 2.75) is 45.4 Å². The van der Waals surface area contributed by atoms with Gasteiger partial charge in [-0.3, -0.25) is 4.79 Å². The summed E-state index contributed by atoms with van der Waals surface area (Å²) in [7, 11) is 0. The quantitative estimate of drug-likeness (QED) is 0.464. The van der Waals surface area contributed by atoms with Crippen molar-refractivity contribution in [3.05, 3.63) is 66.1 Å². The average Bonchev–Trinajstić information content (AvgIpc) is 2.99. The summed E-state index contributed by atoms with van der Waals surface area (Å²) >= 11 is 0. The highest BCUT2D eigenvalue weighted by Gasteiger charge is 2.18. The molecule has 5 nitrogen and oxygen atoms in total. The van der Waals surface area contributed by atoms with E-state index in [9.17, 15) is 19.4 Å². The van der Waals surface area contributed by atoms with Crippen LogP contribution in [0.5, 0.6) is 0 Å². The van der Waals surface area contributed by atoms with Gasteiger partial charge < -0.3 is 19.9 Å². The summed E-state index contributed by atoms with van der Waals surface area (Å²) in [5.41, 5.74) is 3.70. The number of benzene rings is 2. The minimum absolute atomic E-state index is 0.0703. The number of carboxylic acids is 1. The summed E-state index contributed by atoms with van der Waals surface area (Å²) in [6.07, 6.45) is 0.761. The normalized spacial score (nSPS) is 13.9. The molecule has 3 aromatic rings. The predicted octanol–water partition coefficient (Wildman–Crippen LogP) is 4.70. The number of aromatic nitrogens is 1. The van der Waals surface area contributed by atoms with Crippen LogP contribution in [0.4, 0.5) is 4.39 Å². The van der Waals surface area contributed by atoms with Crippen LogP contribution in [0.3, 0.4) is 0 Å². The second-order valence-electron chi connectivity index (χ2n) is 8.20. The van der Waals surface area contributed by atoms with Crippen molar-refractivity contribution in [3.8, 4) is 11.1 Å². The standard InChI is InChI=1S/C25H28FNO4/c1-16(2)15-27-22-6-4-3-5-21(22)25(17-7-9-18(26)10-8-17)23(27)12-11-19(28)13-20(29)14-24(30)31/h3-12,16,19-20,28-29H,13-15H2,1-2H3,(H,30,31)/b12-11+/t19-,20-/m0/s1. The first-order valence-electron chi connectivity index (χ1n) is 10.4. The molecule has 2 atom stereocenters. The Morgan fingerprint density at radius 3 is 2.42 bits per heavy atom. The first-order chi connectivity index (χ1) is 14.8. The number of hydrogen-bond donors (Lipinski definition) is 3. The Balaban J connectivity index is 2.08. The van der Waals surface area contributed by atoms with Gasteiger partial charge in [0.25, 0.3) is 0 Å². The van der Waals surface area contributed by atoms with Gasteiger partial charge in [-0.25, -0.2) is 4.39 Å². The molecule has 0 fully saturated rings. The largest absolute Gasteiger partial charge is 0.481 e. The van der Waals surface area contributed by atoms with Gasteiger partial charge in [0.2, 0.25) is 0 Å². The number of aliphatic hydroxyl groups excluding tert-OH is 2. The summed E-state index contributed by atoms with van der Waals surface area (Å²) in [5.74, 6) is -1.06. The number of aliphatic hydroxyl groups is 2. The fourth-order valence-electron chi connectivity index (χ4n) is 3.82. The van der Waals surface area contributed by atoms with Gasteiger partial charge in [0.1, 0.15) is 5.82 Å². The molecule has 164 valence electrons. The molecular weight excluding hydrogens is 397 g/mol. The second kappa shape index (κ2) is 9.90. The van der Waals surface area contributed by atoms with Gasteiger partial charge >= 0.3 is 5.97 Å². The molecule has 0 aliphatic heterocycles. The van der Waals surface area contributed by atoms with Gasteiger partial charge in [0.05, 0.1) is 18.6 Å². The second-order valence-corrected chi connectivity index (χ2v) is 8.20. The van der Waals surface area contributed by atoms with Gasteiger partial charge in [-0.05, 0) is 35.8 Å². The summed E-state index contributed by atoms with van der Waals surface area (Å²) in [6, 6.07) is 14.3. The molecule has 0 saturated carbocycles. The average molecular weight is 426 g/mol. The van der Waals surface area contributed by atoms with Crippen molar-refractivity contribution in [1.29, 1.82) is 0 Å². The minimum atomic E-state index is -1.13. The number of halogens is 1. The van der Waals surface area contributed by atoms with Crippen molar-refractivity contribution in [2.75, 3.05) is 0 Å². The van der Waals surface area contributed by atoms with Gasteiger partial charge in [-0.1, -0.05) is 50.3 Å². The van der Waals surface area contributed by atoms with Crippen LogP contribution in [-0.4, -0.2) is 38.1 Å². The Labute approximate surface area is 181 Å². The number of aliphatic carboxylic acids is 1. The molecule has 3 rings (SSSR count). The van der Waals surface area contributed by atoms with Crippen molar-refractivity contribution in [1.82, 2.24) is 4.57 Å². The number of rotatable bonds is 9. The Kier molecular flexibility index (Phi) is 7.25. The lowest BCUT2D eigenvalue weighted by molar-refractivity contribution is -0.139. The van der Waals surface area contributed by atoms with E-state index in [2.05, 4.69) is 18.4 Å². The maximum Gasteiger partial charge on any atom is 0.305 e. The summed E-state index contributed by atoms with van der Waals surface area (Å²) in [4.78, 5) is 10.8.